The molecule has 0 spiro atoms. The first-order chi connectivity index (χ1) is 11.7. The van der Waals surface area contributed by atoms with Crippen molar-refractivity contribution in [1.82, 2.24) is 4.90 Å². The van der Waals surface area contributed by atoms with Crippen molar-refractivity contribution in [2.45, 2.75) is 26.4 Å². The van der Waals surface area contributed by atoms with Crippen molar-refractivity contribution in [3.8, 4) is 5.75 Å². The first-order valence-corrected chi connectivity index (χ1v) is 10.6. The van der Waals surface area contributed by atoms with Gasteiger partial charge in [-0.05, 0) is 49.1 Å². The predicted octanol–water partition coefficient (Wildman–Crippen LogP) is 1.80. The number of β-amino-alcohol motifs (C(OH)–C–C–N with tert-alkyl or cyclic N) is 1. The monoisotopic (exact) mass is 370 g/mol. The zero-order valence-corrected chi connectivity index (χ0v) is 16.4. The Morgan fingerprint density at radius 2 is 1.96 bits per heavy atom. The van der Waals surface area contributed by atoms with Gasteiger partial charge in [0.2, 0.25) is 10.0 Å². The number of aliphatic hydroxyl groups is 1. The van der Waals surface area contributed by atoms with Crippen LogP contribution in [0.25, 0.3) is 0 Å². The third-order valence-electron chi connectivity index (χ3n) is 4.86. The number of rotatable bonds is 8. The van der Waals surface area contributed by atoms with Crippen LogP contribution in [0.2, 0.25) is 0 Å². The number of likely N-dealkylation sites (tertiary alicyclic amines) is 1. The van der Waals surface area contributed by atoms with Crippen LogP contribution in [-0.2, 0) is 10.0 Å². The molecule has 142 valence electrons. The van der Waals surface area contributed by atoms with Crippen molar-refractivity contribution in [1.29, 1.82) is 0 Å². The van der Waals surface area contributed by atoms with Crippen molar-refractivity contribution >= 4 is 15.7 Å². The summed E-state index contributed by atoms with van der Waals surface area (Å²) in [7, 11) is -1.76. The molecule has 1 fully saturated rings. The number of ether oxygens (including phenoxy) is 1. The second kappa shape index (κ2) is 8.38. The summed E-state index contributed by atoms with van der Waals surface area (Å²) in [6, 6.07) is 6.82. The van der Waals surface area contributed by atoms with Crippen LogP contribution in [0.3, 0.4) is 0 Å². The Kier molecular flexibility index (Phi) is 6.71. The zero-order chi connectivity index (χ0) is 18.6. The maximum Gasteiger partial charge on any atom is 0.231 e. The van der Waals surface area contributed by atoms with Gasteiger partial charge in [-0.15, -0.1) is 0 Å². The molecule has 2 atom stereocenters. The highest BCUT2D eigenvalue weighted by atomic mass is 32.2. The van der Waals surface area contributed by atoms with E-state index in [1.165, 1.54) is 17.8 Å². The van der Waals surface area contributed by atoms with Crippen molar-refractivity contribution in [2.75, 3.05) is 43.8 Å². The summed E-state index contributed by atoms with van der Waals surface area (Å²) in [5, 5.41) is 10.2. The third kappa shape index (κ3) is 5.87. The highest BCUT2D eigenvalue weighted by Crippen LogP contribution is 2.24. The van der Waals surface area contributed by atoms with Gasteiger partial charge >= 0.3 is 0 Å². The number of nitrogens with zero attached hydrogens (tertiary/aromatic N) is 2. The van der Waals surface area contributed by atoms with Crippen LogP contribution in [0.1, 0.15) is 20.3 Å². The topological polar surface area (TPSA) is 70.1 Å². The van der Waals surface area contributed by atoms with Crippen LogP contribution in [0.4, 0.5) is 5.69 Å². The molecule has 1 aliphatic rings. The lowest BCUT2D eigenvalue weighted by Gasteiger charge is -2.21. The van der Waals surface area contributed by atoms with Crippen LogP contribution >= 0.6 is 0 Å². The summed E-state index contributed by atoms with van der Waals surface area (Å²) in [6.45, 7) is 7.42. The molecule has 2 unspecified atom stereocenters. The van der Waals surface area contributed by atoms with Gasteiger partial charge in [-0.25, -0.2) is 8.42 Å². The molecular weight excluding hydrogens is 340 g/mol. The number of hydrogen-bond donors (Lipinski definition) is 1. The first-order valence-electron chi connectivity index (χ1n) is 8.74. The van der Waals surface area contributed by atoms with Crippen LogP contribution < -0.4 is 9.04 Å². The molecule has 0 radical (unpaired) electrons. The second-order valence-corrected chi connectivity index (χ2v) is 9.26. The molecule has 6 nitrogen and oxygen atoms in total. The van der Waals surface area contributed by atoms with Gasteiger partial charge in [-0.1, -0.05) is 13.8 Å². The molecule has 1 aromatic rings. The second-order valence-electron chi connectivity index (χ2n) is 7.24. The minimum atomic E-state index is -3.27. The molecule has 0 amide bonds. The quantitative estimate of drug-likeness (QED) is 0.756. The van der Waals surface area contributed by atoms with E-state index < -0.39 is 16.1 Å². The maximum atomic E-state index is 11.5. The van der Waals surface area contributed by atoms with Crippen LogP contribution in [0, 0.1) is 11.8 Å². The van der Waals surface area contributed by atoms with E-state index in [2.05, 4.69) is 18.7 Å². The summed E-state index contributed by atoms with van der Waals surface area (Å²) < 4.78 is 29.9. The molecule has 1 saturated heterocycles. The van der Waals surface area contributed by atoms with Crippen molar-refractivity contribution in [3.05, 3.63) is 24.3 Å². The standard InChI is InChI=1S/C18H30N2O4S/c1-14(2)15-9-10-20(11-15)12-17(21)13-24-18-7-5-16(6-8-18)19(3)25(4,22)23/h5-8,14-15,17,21H,9-13H2,1-4H3. The van der Waals surface area contributed by atoms with Gasteiger partial charge in [0.1, 0.15) is 18.5 Å². The normalized spacial score (nSPS) is 20.0. The Morgan fingerprint density at radius 3 is 2.48 bits per heavy atom. The molecule has 25 heavy (non-hydrogen) atoms. The van der Waals surface area contributed by atoms with Crippen molar-refractivity contribution in [2.24, 2.45) is 11.8 Å². The number of aliphatic hydroxyl groups excluding tert-OH is 1. The Balaban J connectivity index is 1.79. The summed E-state index contributed by atoms with van der Waals surface area (Å²) in [5.74, 6) is 2.01. The zero-order valence-electron chi connectivity index (χ0n) is 15.6. The molecule has 2 rings (SSSR count). The van der Waals surface area contributed by atoms with Gasteiger partial charge in [0.15, 0.2) is 0 Å². The van der Waals surface area contributed by atoms with E-state index in [0.717, 1.165) is 19.3 Å². The minimum absolute atomic E-state index is 0.226. The molecule has 0 aromatic heterocycles. The lowest BCUT2D eigenvalue weighted by Crippen LogP contribution is -2.34. The fraction of sp³-hybridized carbons (Fsp3) is 0.667. The molecule has 0 bridgehead atoms. The molecule has 1 aromatic carbocycles. The smallest absolute Gasteiger partial charge is 0.231 e. The van der Waals surface area contributed by atoms with Crippen LogP contribution in [-0.4, -0.2) is 64.1 Å². The number of benzene rings is 1. The molecule has 1 N–H and O–H groups in total. The van der Waals surface area contributed by atoms with E-state index >= 15 is 0 Å². The van der Waals surface area contributed by atoms with E-state index in [9.17, 15) is 13.5 Å². The summed E-state index contributed by atoms with van der Waals surface area (Å²) in [6.07, 6.45) is 1.82. The summed E-state index contributed by atoms with van der Waals surface area (Å²) in [5.41, 5.74) is 0.576. The van der Waals surface area contributed by atoms with Gasteiger partial charge in [0.05, 0.1) is 11.9 Å². The van der Waals surface area contributed by atoms with Gasteiger partial charge in [-0.2, -0.15) is 0 Å². The lowest BCUT2D eigenvalue weighted by molar-refractivity contribution is 0.0740. The van der Waals surface area contributed by atoms with Gasteiger partial charge in [-0.3, -0.25) is 4.31 Å². The Hall–Kier alpha value is -1.31. The highest BCUT2D eigenvalue weighted by Gasteiger charge is 2.26. The largest absolute Gasteiger partial charge is 0.491 e. The van der Waals surface area contributed by atoms with E-state index in [1.54, 1.807) is 24.3 Å². The number of anilines is 1. The Labute approximate surface area is 151 Å². The molecule has 7 heteroatoms. The average molecular weight is 371 g/mol. The summed E-state index contributed by atoms with van der Waals surface area (Å²) >= 11 is 0. The maximum absolute atomic E-state index is 11.5. The molecule has 0 aliphatic carbocycles. The average Bonchev–Trinajstić information content (AvgIpc) is 3.00. The van der Waals surface area contributed by atoms with Gasteiger partial charge in [0, 0.05) is 20.1 Å². The highest BCUT2D eigenvalue weighted by molar-refractivity contribution is 7.92. The van der Waals surface area contributed by atoms with E-state index in [0.29, 0.717) is 29.8 Å². The van der Waals surface area contributed by atoms with Gasteiger partial charge in [0.25, 0.3) is 0 Å². The summed E-state index contributed by atoms with van der Waals surface area (Å²) in [4.78, 5) is 2.29. The fourth-order valence-electron chi connectivity index (χ4n) is 3.06. The van der Waals surface area contributed by atoms with Crippen molar-refractivity contribution < 1.29 is 18.3 Å². The van der Waals surface area contributed by atoms with Crippen LogP contribution in [0.5, 0.6) is 5.75 Å². The van der Waals surface area contributed by atoms with Crippen LogP contribution in [0.15, 0.2) is 24.3 Å². The fourth-order valence-corrected chi connectivity index (χ4v) is 3.56. The van der Waals surface area contributed by atoms with E-state index in [4.69, 9.17) is 4.74 Å². The molecular formula is C18H30N2O4S. The Morgan fingerprint density at radius 1 is 1.32 bits per heavy atom. The number of sulfonamides is 1. The molecule has 0 saturated carbocycles. The van der Waals surface area contributed by atoms with E-state index in [1.807, 2.05) is 0 Å². The van der Waals surface area contributed by atoms with Gasteiger partial charge < -0.3 is 14.7 Å². The first kappa shape index (κ1) is 20.0. The Bertz CT molecular complexity index is 646. The lowest BCUT2D eigenvalue weighted by atomic mass is 9.95. The molecule has 1 heterocycles. The predicted molar refractivity (Wildman–Crippen MR) is 101 cm³/mol. The number of hydrogen-bond acceptors (Lipinski definition) is 5. The third-order valence-corrected chi connectivity index (χ3v) is 6.07. The minimum Gasteiger partial charge on any atom is -0.491 e. The van der Waals surface area contributed by atoms with E-state index in [-0.39, 0.29) is 6.61 Å². The van der Waals surface area contributed by atoms with Crippen molar-refractivity contribution in [3.63, 3.8) is 0 Å². The molecule has 1 aliphatic heterocycles. The SMILES string of the molecule is CC(C)C1CCN(CC(O)COc2ccc(N(C)S(C)(=O)=O)cc2)C1.